The Bertz CT molecular complexity index is 566. The van der Waals surface area contributed by atoms with Crippen molar-refractivity contribution in [2.45, 2.75) is 12.5 Å². The monoisotopic (exact) mass is 252 g/mol. The number of hydrogen-bond acceptors (Lipinski definition) is 2. The van der Waals surface area contributed by atoms with Gasteiger partial charge < -0.3 is 9.84 Å². The number of hydrogen-bond donors (Lipinski definition) is 1. The largest absolute Gasteiger partial charge is 0.494 e. The van der Waals surface area contributed by atoms with E-state index in [1.807, 2.05) is 49.4 Å². The molecule has 0 aromatic heterocycles. The molecular formula is C17H16O2. The molecule has 2 aromatic carbocycles. The van der Waals surface area contributed by atoms with E-state index in [0.717, 1.165) is 5.75 Å². The summed E-state index contributed by atoms with van der Waals surface area (Å²) in [7, 11) is 0. The molecule has 2 aromatic rings. The fourth-order valence-electron chi connectivity index (χ4n) is 1.97. The van der Waals surface area contributed by atoms with Crippen LogP contribution in [0.4, 0.5) is 0 Å². The van der Waals surface area contributed by atoms with E-state index >= 15 is 0 Å². The summed E-state index contributed by atoms with van der Waals surface area (Å²) in [6.07, 6.45) is 5.54. The van der Waals surface area contributed by atoms with Crippen molar-refractivity contribution in [3.63, 3.8) is 0 Å². The van der Waals surface area contributed by atoms with Gasteiger partial charge in [-0.3, -0.25) is 0 Å². The van der Waals surface area contributed by atoms with Crippen molar-refractivity contribution in [2.24, 2.45) is 0 Å². The van der Waals surface area contributed by atoms with Crippen molar-refractivity contribution in [1.29, 1.82) is 0 Å². The van der Waals surface area contributed by atoms with Gasteiger partial charge in [0.1, 0.15) is 5.75 Å². The zero-order chi connectivity index (χ0) is 13.7. The first kappa shape index (κ1) is 13.2. The summed E-state index contributed by atoms with van der Waals surface area (Å²) in [6.45, 7) is 2.53. The Hall–Kier alpha value is -2.24. The van der Waals surface area contributed by atoms with Gasteiger partial charge >= 0.3 is 0 Å². The molecule has 2 rings (SSSR count). The smallest absolute Gasteiger partial charge is 0.176 e. The Morgan fingerprint density at radius 3 is 2.16 bits per heavy atom. The third-order valence-corrected chi connectivity index (χ3v) is 2.98. The topological polar surface area (TPSA) is 29.5 Å². The zero-order valence-corrected chi connectivity index (χ0v) is 10.8. The van der Waals surface area contributed by atoms with E-state index in [-0.39, 0.29) is 0 Å². The maximum Gasteiger partial charge on any atom is 0.176 e. The van der Waals surface area contributed by atoms with Crippen LogP contribution >= 0.6 is 0 Å². The molecule has 2 nitrogen and oxygen atoms in total. The standard InChI is InChI=1S/C17H16O2/c1-3-17(18,14-8-6-5-7-9-14)15-10-12-16(13-11-15)19-4-2/h1,5-13,18H,4H2,2H3. The van der Waals surface area contributed by atoms with E-state index in [1.165, 1.54) is 0 Å². The Morgan fingerprint density at radius 1 is 1.05 bits per heavy atom. The van der Waals surface area contributed by atoms with Gasteiger partial charge in [-0.1, -0.05) is 48.4 Å². The molecule has 1 atom stereocenters. The lowest BCUT2D eigenvalue weighted by Gasteiger charge is -2.23. The molecule has 0 aliphatic rings. The number of benzene rings is 2. The number of ether oxygens (including phenoxy) is 1. The maximum atomic E-state index is 10.7. The predicted molar refractivity (Wildman–Crippen MR) is 75.9 cm³/mol. The van der Waals surface area contributed by atoms with Crippen molar-refractivity contribution >= 4 is 0 Å². The molecule has 19 heavy (non-hydrogen) atoms. The summed E-state index contributed by atoms with van der Waals surface area (Å²) in [5.74, 6) is 3.24. The molecule has 1 N–H and O–H groups in total. The van der Waals surface area contributed by atoms with Crippen LogP contribution in [0.25, 0.3) is 0 Å². The molecule has 0 heterocycles. The lowest BCUT2D eigenvalue weighted by molar-refractivity contribution is 0.145. The molecule has 96 valence electrons. The second-order valence-electron chi connectivity index (χ2n) is 4.18. The summed E-state index contributed by atoms with van der Waals surface area (Å²) in [5.41, 5.74) is -0.0715. The first-order valence-electron chi connectivity index (χ1n) is 6.19. The van der Waals surface area contributed by atoms with E-state index < -0.39 is 5.60 Å². The van der Waals surface area contributed by atoms with Crippen LogP contribution in [0.3, 0.4) is 0 Å². The molecule has 0 radical (unpaired) electrons. The molecular weight excluding hydrogens is 236 g/mol. The van der Waals surface area contributed by atoms with Crippen LogP contribution in [0.1, 0.15) is 18.1 Å². The average Bonchev–Trinajstić information content (AvgIpc) is 2.48. The van der Waals surface area contributed by atoms with Crippen LogP contribution < -0.4 is 4.74 Å². The first-order chi connectivity index (χ1) is 9.20. The van der Waals surface area contributed by atoms with Crippen molar-refractivity contribution < 1.29 is 9.84 Å². The van der Waals surface area contributed by atoms with Gasteiger partial charge in [-0.25, -0.2) is 0 Å². The molecule has 0 spiro atoms. The van der Waals surface area contributed by atoms with Crippen LogP contribution in [-0.2, 0) is 5.60 Å². The molecule has 0 fully saturated rings. The van der Waals surface area contributed by atoms with Crippen molar-refractivity contribution in [2.75, 3.05) is 6.61 Å². The molecule has 0 aliphatic carbocycles. The average molecular weight is 252 g/mol. The molecule has 0 saturated heterocycles. The highest BCUT2D eigenvalue weighted by Gasteiger charge is 2.28. The van der Waals surface area contributed by atoms with Crippen LogP contribution in [0.15, 0.2) is 54.6 Å². The summed E-state index contributed by atoms with van der Waals surface area (Å²) in [4.78, 5) is 0. The SMILES string of the molecule is C#CC(O)(c1ccccc1)c1ccc(OCC)cc1. The minimum Gasteiger partial charge on any atom is -0.494 e. The fourth-order valence-corrected chi connectivity index (χ4v) is 1.97. The van der Waals surface area contributed by atoms with Crippen molar-refractivity contribution in [1.82, 2.24) is 0 Å². The Morgan fingerprint density at radius 2 is 1.63 bits per heavy atom. The third kappa shape index (κ3) is 2.62. The number of rotatable bonds is 4. The number of terminal acetylenes is 1. The predicted octanol–water partition coefficient (Wildman–Crippen LogP) is 2.95. The van der Waals surface area contributed by atoms with Crippen LogP contribution in [0, 0.1) is 12.3 Å². The molecule has 0 amide bonds. The fraction of sp³-hybridized carbons (Fsp3) is 0.176. The van der Waals surface area contributed by atoms with E-state index in [1.54, 1.807) is 12.1 Å². The van der Waals surface area contributed by atoms with Gasteiger partial charge in [-0.05, 0) is 19.1 Å². The van der Waals surface area contributed by atoms with Crippen molar-refractivity contribution in [3.05, 3.63) is 65.7 Å². The van der Waals surface area contributed by atoms with Crippen LogP contribution in [0.2, 0.25) is 0 Å². The molecule has 0 aliphatic heterocycles. The van der Waals surface area contributed by atoms with Crippen LogP contribution in [0.5, 0.6) is 5.75 Å². The van der Waals surface area contributed by atoms with E-state index in [4.69, 9.17) is 11.2 Å². The molecule has 0 saturated carbocycles. The van der Waals surface area contributed by atoms with E-state index in [0.29, 0.717) is 17.7 Å². The van der Waals surface area contributed by atoms with Gasteiger partial charge in [-0.15, -0.1) is 6.42 Å². The zero-order valence-electron chi connectivity index (χ0n) is 10.8. The number of aliphatic hydroxyl groups is 1. The van der Waals surface area contributed by atoms with E-state index in [9.17, 15) is 5.11 Å². The molecule has 2 heteroatoms. The Balaban J connectivity index is 2.40. The van der Waals surface area contributed by atoms with Gasteiger partial charge in [0.25, 0.3) is 0 Å². The normalized spacial score (nSPS) is 13.3. The summed E-state index contributed by atoms with van der Waals surface area (Å²) in [5, 5.41) is 10.7. The van der Waals surface area contributed by atoms with E-state index in [2.05, 4.69) is 5.92 Å². The second kappa shape index (κ2) is 5.60. The van der Waals surface area contributed by atoms with Gasteiger partial charge in [0, 0.05) is 11.1 Å². The summed E-state index contributed by atoms with van der Waals surface area (Å²) >= 11 is 0. The third-order valence-electron chi connectivity index (χ3n) is 2.98. The highest BCUT2D eigenvalue weighted by molar-refractivity contribution is 5.44. The highest BCUT2D eigenvalue weighted by Crippen LogP contribution is 2.29. The van der Waals surface area contributed by atoms with Crippen LogP contribution in [-0.4, -0.2) is 11.7 Å². The summed E-state index contributed by atoms with van der Waals surface area (Å²) in [6, 6.07) is 16.4. The Kier molecular flexibility index (Phi) is 3.89. The maximum absolute atomic E-state index is 10.7. The Labute approximate surface area is 113 Å². The quantitative estimate of drug-likeness (QED) is 0.848. The minimum absolute atomic E-state index is 0.609. The second-order valence-corrected chi connectivity index (χ2v) is 4.18. The van der Waals surface area contributed by atoms with Gasteiger partial charge in [0.05, 0.1) is 6.61 Å². The van der Waals surface area contributed by atoms with Gasteiger partial charge in [0.2, 0.25) is 0 Å². The lowest BCUT2D eigenvalue weighted by Crippen LogP contribution is -2.24. The minimum atomic E-state index is -1.41. The van der Waals surface area contributed by atoms with Gasteiger partial charge in [0.15, 0.2) is 5.60 Å². The molecule has 0 bridgehead atoms. The van der Waals surface area contributed by atoms with Crippen molar-refractivity contribution in [3.8, 4) is 18.1 Å². The first-order valence-corrected chi connectivity index (χ1v) is 6.19. The lowest BCUT2D eigenvalue weighted by atomic mass is 9.87. The van der Waals surface area contributed by atoms with Gasteiger partial charge in [-0.2, -0.15) is 0 Å². The summed E-state index contributed by atoms with van der Waals surface area (Å²) < 4.78 is 5.38. The molecule has 1 unspecified atom stereocenters. The highest BCUT2D eigenvalue weighted by atomic mass is 16.5.